The molecule has 3 aromatic rings. The lowest BCUT2D eigenvalue weighted by Gasteiger charge is -2.24. The third kappa shape index (κ3) is 4.68. The summed E-state index contributed by atoms with van der Waals surface area (Å²) < 4.78 is 10.8. The number of halogens is 1. The molecule has 0 atom stereocenters. The van der Waals surface area contributed by atoms with Crippen LogP contribution < -0.4 is 9.47 Å². The molecule has 1 aliphatic rings. The van der Waals surface area contributed by atoms with E-state index in [1.165, 1.54) is 0 Å². The van der Waals surface area contributed by atoms with Gasteiger partial charge >= 0.3 is 0 Å². The monoisotopic (exact) mass is 424 g/mol. The molecule has 0 unspecified atom stereocenters. The van der Waals surface area contributed by atoms with Gasteiger partial charge in [0, 0.05) is 30.0 Å². The zero-order chi connectivity index (χ0) is 21.1. The van der Waals surface area contributed by atoms with Gasteiger partial charge in [0.2, 0.25) is 5.91 Å². The van der Waals surface area contributed by atoms with E-state index in [-0.39, 0.29) is 11.8 Å². The van der Waals surface area contributed by atoms with Crippen LogP contribution in [0.2, 0.25) is 5.15 Å². The summed E-state index contributed by atoms with van der Waals surface area (Å²) >= 11 is 6.49. The van der Waals surface area contributed by atoms with Crippen LogP contribution in [-0.4, -0.2) is 29.5 Å². The third-order valence-electron chi connectivity index (χ3n) is 5.26. The first-order chi connectivity index (χ1) is 14.6. The number of fused-ring (bicyclic) bond motifs is 1. The minimum Gasteiger partial charge on any atom is -0.497 e. The number of ether oxygens (including phenoxy) is 2. The van der Waals surface area contributed by atoms with Gasteiger partial charge in [-0.2, -0.15) is 0 Å². The van der Waals surface area contributed by atoms with Gasteiger partial charge in [0.15, 0.2) is 0 Å². The number of amides is 1. The fraction of sp³-hybridized carbons (Fsp3) is 0.333. The molecule has 1 heterocycles. The quantitative estimate of drug-likeness (QED) is 0.464. The van der Waals surface area contributed by atoms with E-state index < -0.39 is 0 Å². The van der Waals surface area contributed by atoms with Crippen LogP contribution in [0.4, 0.5) is 0 Å². The molecule has 1 fully saturated rings. The highest BCUT2D eigenvalue weighted by molar-refractivity contribution is 6.30. The second kappa shape index (κ2) is 8.92. The van der Waals surface area contributed by atoms with E-state index in [0.29, 0.717) is 24.8 Å². The predicted molar refractivity (Wildman–Crippen MR) is 118 cm³/mol. The summed E-state index contributed by atoms with van der Waals surface area (Å²) in [6.07, 6.45) is 1.92. The Balaban J connectivity index is 1.61. The number of rotatable bonds is 8. The van der Waals surface area contributed by atoms with E-state index in [1.807, 2.05) is 60.4 Å². The number of aromatic nitrogens is 1. The van der Waals surface area contributed by atoms with Crippen LogP contribution in [-0.2, 0) is 17.9 Å². The Kier molecular flexibility index (Phi) is 6.09. The summed E-state index contributed by atoms with van der Waals surface area (Å²) in [7, 11) is 1.64. The van der Waals surface area contributed by atoms with Gasteiger partial charge in [0.1, 0.15) is 16.7 Å². The van der Waals surface area contributed by atoms with Crippen LogP contribution in [0.1, 0.15) is 30.9 Å². The van der Waals surface area contributed by atoms with E-state index in [1.54, 1.807) is 7.11 Å². The maximum absolute atomic E-state index is 13.0. The Morgan fingerprint density at radius 1 is 1.10 bits per heavy atom. The van der Waals surface area contributed by atoms with Crippen molar-refractivity contribution in [3.05, 3.63) is 64.8 Å². The standard InChI is InChI=1S/C24H25ClN2O3/c1-3-30-21-10-11-22-18(13-21)12-19(23(25)26-22)15-27(24(28)17-6-7-17)14-16-4-8-20(29-2)9-5-16/h4-5,8-13,17H,3,6-7,14-15H2,1-2H3. The molecule has 0 aliphatic heterocycles. The van der Waals surface area contributed by atoms with E-state index in [0.717, 1.165) is 46.4 Å². The average molecular weight is 425 g/mol. The number of carbonyl (C=O) groups excluding carboxylic acids is 1. The molecule has 30 heavy (non-hydrogen) atoms. The van der Waals surface area contributed by atoms with Gasteiger partial charge in [-0.05, 0) is 61.7 Å². The van der Waals surface area contributed by atoms with Gasteiger partial charge in [-0.25, -0.2) is 4.98 Å². The Morgan fingerprint density at radius 3 is 2.50 bits per heavy atom. The highest BCUT2D eigenvalue weighted by atomic mass is 35.5. The largest absolute Gasteiger partial charge is 0.497 e. The summed E-state index contributed by atoms with van der Waals surface area (Å²) in [5, 5.41) is 1.37. The summed E-state index contributed by atoms with van der Waals surface area (Å²) in [6.45, 7) is 3.50. The smallest absolute Gasteiger partial charge is 0.226 e. The first-order valence-corrected chi connectivity index (χ1v) is 10.6. The Morgan fingerprint density at radius 2 is 1.83 bits per heavy atom. The van der Waals surface area contributed by atoms with Crippen LogP contribution in [0, 0.1) is 5.92 Å². The highest BCUT2D eigenvalue weighted by Crippen LogP contribution is 2.33. The highest BCUT2D eigenvalue weighted by Gasteiger charge is 2.33. The number of pyridine rings is 1. The molecular formula is C24H25ClN2O3. The van der Waals surface area contributed by atoms with Gasteiger partial charge < -0.3 is 14.4 Å². The van der Waals surface area contributed by atoms with E-state index in [9.17, 15) is 4.79 Å². The summed E-state index contributed by atoms with van der Waals surface area (Å²) in [5.41, 5.74) is 2.69. The van der Waals surface area contributed by atoms with E-state index in [2.05, 4.69) is 4.98 Å². The maximum Gasteiger partial charge on any atom is 0.226 e. The van der Waals surface area contributed by atoms with E-state index >= 15 is 0 Å². The number of methoxy groups -OCH3 is 1. The topological polar surface area (TPSA) is 51.7 Å². The number of carbonyl (C=O) groups is 1. The molecule has 6 heteroatoms. The van der Waals surface area contributed by atoms with Crippen molar-refractivity contribution in [2.75, 3.05) is 13.7 Å². The molecule has 2 aromatic carbocycles. The average Bonchev–Trinajstić information content (AvgIpc) is 3.59. The molecule has 1 aromatic heterocycles. The molecule has 0 radical (unpaired) electrons. The van der Waals surface area contributed by atoms with Crippen molar-refractivity contribution in [3.8, 4) is 11.5 Å². The Bertz CT molecular complexity index is 1050. The van der Waals surface area contributed by atoms with Gasteiger partial charge in [-0.3, -0.25) is 4.79 Å². The molecule has 1 aliphatic carbocycles. The summed E-state index contributed by atoms with van der Waals surface area (Å²) in [5.74, 6) is 1.89. The number of nitrogens with zero attached hydrogens (tertiary/aromatic N) is 2. The SMILES string of the molecule is CCOc1ccc2nc(Cl)c(CN(Cc3ccc(OC)cc3)C(=O)C3CC3)cc2c1. The van der Waals surface area contributed by atoms with Crippen molar-refractivity contribution in [1.29, 1.82) is 0 Å². The lowest BCUT2D eigenvalue weighted by Crippen LogP contribution is -2.31. The Labute approximate surface area is 181 Å². The van der Waals surface area contributed by atoms with Crippen molar-refractivity contribution < 1.29 is 14.3 Å². The van der Waals surface area contributed by atoms with Crippen LogP contribution in [0.5, 0.6) is 11.5 Å². The lowest BCUT2D eigenvalue weighted by molar-refractivity contribution is -0.133. The molecule has 0 bridgehead atoms. The fourth-order valence-electron chi connectivity index (χ4n) is 3.50. The molecule has 0 saturated heterocycles. The van der Waals surface area contributed by atoms with Crippen molar-refractivity contribution in [2.45, 2.75) is 32.9 Å². The van der Waals surface area contributed by atoms with Gasteiger partial charge in [0.25, 0.3) is 0 Å². The van der Waals surface area contributed by atoms with Crippen LogP contribution in [0.3, 0.4) is 0 Å². The van der Waals surface area contributed by atoms with E-state index in [4.69, 9.17) is 21.1 Å². The Hall–Kier alpha value is -2.79. The third-order valence-corrected chi connectivity index (χ3v) is 5.58. The number of hydrogen-bond donors (Lipinski definition) is 0. The van der Waals surface area contributed by atoms with Gasteiger partial charge in [-0.15, -0.1) is 0 Å². The minimum atomic E-state index is 0.125. The second-order valence-corrected chi connectivity index (χ2v) is 7.90. The van der Waals surface area contributed by atoms with Crippen molar-refractivity contribution >= 4 is 28.4 Å². The molecule has 156 valence electrons. The van der Waals surface area contributed by atoms with Gasteiger partial charge in [-0.1, -0.05) is 23.7 Å². The lowest BCUT2D eigenvalue weighted by atomic mass is 10.1. The molecule has 4 rings (SSSR count). The van der Waals surface area contributed by atoms with Crippen LogP contribution in [0.15, 0.2) is 48.5 Å². The number of hydrogen-bond acceptors (Lipinski definition) is 4. The molecule has 5 nitrogen and oxygen atoms in total. The zero-order valence-corrected chi connectivity index (χ0v) is 18.0. The van der Waals surface area contributed by atoms with Crippen molar-refractivity contribution in [2.24, 2.45) is 5.92 Å². The van der Waals surface area contributed by atoms with Crippen molar-refractivity contribution in [1.82, 2.24) is 9.88 Å². The molecule has 0 spiro atoms. The van der Waals surface area contributed by atoms with Gasteiger partial charge in [0.05, 0.1) is 19.2 Å². The minimum absolute atomic E-state index is 0.125. The van der Waals surface area contributed by atoms with Crippen LogP contribution in [0.25, 0.3) is 10.9 Å². The maximum atomic E-state index is 13.0. The molecule has 0 N–H and O–H groups in total. The molecule has 1 saturated carbocycles. The first-order valence-electron chi connectivity index (χ1n) is 10.2. The van der Waals surface area contributed by atoms with Crippen molar-refractivity contribution in [3.63, 3.8) is 0 Å². The van der Waals surface area contributed by atoms with Crippen LogP contribution >= 0.6 is 11.6 Å². The molecular weight excluding hydrogens is 400 g/mol. The summed E-state index contributed by atoms with van der Waals surface area (Å²) in [6, 6.07) is 15.6. The second-order valence-electron chi connectivity index (χ2n) is 7.54. The predicted octanol–water partition coefficient (Wildman–Crippen LogP) is 5.23. The molecule has 1 amide bonds. The number of benzene rings is 2. The first kappa shape index (κ1) is 20.5. The normalized spacial score (nSPS) is 13.3. The summed E-state index contributed by atoms with van der Waals surface area (Å²) in [4.78, 5) is 19.4. The zero-order valence-electron chi connectivity index (χ0n) is 17.2. The fourth-order valence-corrected chi connectivity index (χ4v) is 3.70.